The topological polar surface area (TPSA) is 68.3 Å². The number of hydrogen-bond donors (Lipinski definition) is 0. The molecule has 0 bridgehead atoms. The molecule has 0 fully saturated rings. The van der Waals surface area contributed by atoms with Gasteiger partial charge < -0.3 is 4.79 Å². The van der Waals surface area contributed by atoms with Gasteiger partial charge in [-0.05, 0) is 0 Å². The molecule has 0 rings (SSSR count). The quantitative estimate of drug-likeness (QED) is 0.397. The van der Waals surface area contributed by atoms with Crippen LogP contribution in [-0.2, 0) is 36.3 Å². The van der Waals surface area contributed by atoms with E-state index in [9.17, 15) is 19.2 Å². The predicted molar refractivity (Wildman–Crippen MR) is 39.5 cm³/mol. The molecule has 0 spiro atoms. The molecule has 0 amide bonds. The average Bonchev–Trinajstić information content (AvgIpc) is 2.07. The van der Waals surface area contributed by atoms with Crippen molar-refractivity contribution in [2.45, 2.75) is 19.8 Å². The molecule has 5 heteroatoms. The molecule has 0 N–H and O–H groups in total. The number of ketones is 1. The van der Waals surface area contributed by atoms with Gasteiger partial charge >= 0.3 is 36.5 Å². The SMILES string of the molecule is CCC(=O)CC=O.O=[CH][Rh][CH]=O. The van der Waals surface area contributed by atoms with Crippen LogP contribution >= 0.6 is 0 Å². The van der Waals surface area contributed by atoms with Crippen LogP contribution in [0, 0.1) is 0 Å². The maximum absolute atomic E-state index is 10.2. The molecule has 0 saturated heterocycles. The predicted octanol–water partition coefficient (Wildman–Crippen LogP) is 0.00380. The zero-order valence-electron chi connectivity index (χ0n) is 6.61. The van der Waals surface area contributed by atoms with Crippen LogP contribution in [0.4, 0.5) is 0 Å². The maximum atomic E-state index is 10.2. The first-order valence-electron chi connectivity index (χ1n) is 3.12. The number of carbonyl (C=O) groups is 4. The van der Waals surface area contributed by atoms with Crippen LogP contribution < -0.4 is 0 Å². The van der Waals surface area contributed by atoms with E-state index in [-0.39, 0.29) is 12.2 Å². The first kappa shape index (κ1) is 13.9. The van der Waals surface area contributed by atoms with E-state index in [1.54, 1.807) is 6.92 Å². The van der Waals surface area contributed by atoms with E-state index in [0.717, 1.165) is 0 Å². The zero-order chi connectivity index (χ0) is 9.82. The van der Waals surface area contributed by atoms with Crippen LogP contribution in [0.3, 0.4) is 0 Å². The Balaban J connectivity index is 0. The number of aldehydes is 1. The van der Waals surface area contributed by atoms with E-state index in [0.29, 0.717) is 22.5 Å². The van der Waals surface area contributed by atoms with Gasteiger partial charge in [0.25, 0.3) is 0 Å². The second-order valence-electron chi connectivity index (χ2n) is 1.53. The van der Waals surface area contributed by atoms with Crippen LogP contribution in [0.25, 0.3) is 0 Å². The molecule has 71 valence electrons. The summed E-state index contributed by atoms with van der Waals surface area (Å²) in [6, 6.07) is 0. The summed E-state index contributed by atoms with van der Waals surface area (Å²) in [6.07, 6.45) is 1.18. The molecular weight excluding hydrogens is 251 g/mol. The fourth-order valence-electron chi connectivity index (χ4n) is 0.256. The zero-order valence-corrected chi connectivity index (χ0v) is 8.25. The fourth-order valence-corrected chi connectivity index (χ4v) is 0.347. The van der Waals surface area contributed by atoms with Gasteiger partial charge in [-0.1, -0.05) is 6.92 Å². The fraction of sp³-hybridized carbons (Fsp3) is 0.429. The summed E-state index contributed by atoms with van der Waals surface area (Å²) < 4.78 is 0. The first-order chi connectivity index (χ1) is 5.72. The van der Waals surface area contributed by atoms with Crippen LogP contribution in [0.2, 0.25) is 0 Å². The Kier molecular flexibility index (Phi) is 14.9. The molecule has 4 nitrogen and oxygen atoms in total. The van der Waals surface area contributed by atoms with Crippen molar-refractivity contribution < 1.29 is 36.3 Å². The molecular formula is C7H10O4Rh. The van der Waals surface area contributed by atoms with Crippen LogP contribution in [0.5, 0.6) is 0 Å². The number of hydrogen-bond acceptors (Lipinski definition) is 4. The van der Waals surface area contributed by atoms with Gasteiger partial charge in [0.1, 0.15) is 12.1 Å². The third-order valence-corrected chi connectivity index (χ3v) is 1.24. The first-order valence-corrected chi connectivity index (χ1v) is 5.01. The van der Waals surface area contributed by atoms with E-state index < -0.39 is 17.1 Å². The Labute approximate surface area is 78.3 Å². The van der Waals surface area contributed by atoms with Gasteiger partial charge in [0.05, 0.1) is 6.42 Å². The molecule has 0 aromatic heterocycles. The van der Waals surface area contributed by atoms with Crippen molar-refractivity contribution in [2.24, 2.45) is 0 Å². The molecule has 0 aliphatic carbocycles. The van der Waals surface area contributed by atoms with Crippen molar-refractivity contribution in [3.63, 3.8) is 0 Å². The summed E-state index contributed by atoms with van der Waals surface area (Å²) in [4.78, 5) is 39.4. The van der Waals surface area contributed by atoms with Crippen molar-refractivity contribution >= 4 is 21.8 Å². The normalized spacial score (nSPS) is 7.75. The Morgan fingerprint density at radius 1 is 1.25 bits per heavy atom. The van der Waals surface area contributed by atoms with Crippen molar-refractivity contribution in [1.29, 1.82) is 0 Å². The number of Topliss-reactive ketones (excluding diaryl/α,β-unsaturated/α-hetero) is 1. The molecule has 0 unspecified atom stereocenters. The van der Waals surface area contributed by atoms with Crippen LogP contribution in [0.15, 0.2) is 0 Å². The van der Waals surface area contributed by atoms with Gasteiger partial charge in [0.15, 0.2) is 0 Å². The summed E-state index contributed by atoms with van der Waals surface area (Å²) in [5.74, 6) is 0.00926. The van der Waals surface area contributed by atoms with E-state index in [4.69, 9.17) is 0 Å². The third-order valence-electron chi connectivity index (χ3n) is 0.796. The minimum absolute atomic E-state index is 0.00926. The van der Waals surface area contributed by atoms with Crippen molar-refractivity contribution in [3.05, 3.63) is 0 Å². The van der Waals surface area contributed by atoms with E-state index in [1.165, 1.54) is 0 Å². The molecule has 0 aromatic carbocycles. The Morgan fingerprint density at radius 3 is 1.83 bits per heavy atom. The molecule has 0 aliphatic heterocycles. The Hall–Kier alpha value is -0.697. The summed E-state index contributed by atoms with van der Waals surface area (Å²) in [6.45, 7) is 1.74. The van der Waals surface area contributed by atoms with Gasteiger partial charge in [-0.25, -0.2) is 0 Å². The number of carbonyl (C=O) groups excluding carboxylic acids is 4. The van der Waals surface area contributed by atoms with E-state index in [1.807, 2.05) is 0 Å². The van der Waals surface area contributed by atoms with E-state index >= 15 is 0 Å². The van der Waals surface area contributed by atoms with Crippen molar-refractivity contribution in [3.8, 4) is 0 Å². The van der Waals surface area contributed by atoms with Crippen molar-refractivity contribution in [2.75, 3.05) is 0 Å². The molecule has 0 heterocycles. The summed E-state index contributed by atoms with van der Waals surface area (Å²) >= 11 is -0.454. The van der Waals surface area contributed by atoms with Gasteiger partial charge in [-0.2, -0.15) is 0 Å². The standard InChI is InChI=1S/C5H8O2.2CHO.Rh/c1-2-5(7)3-4-6;2*1-2;/h4H,2-3H2,1H3;2*1H;. The van der Waals surface area contributed by atoms with Gasteiger partial charge in [-0.15, -0.1) is 0 Å². The molecule has 0 aliphatic rings. The molecule has 0 radical (unpaired) electrons. The summed E-state index contributed by atoms with van der Waals surface area (Å²) in [5.41, 5.74) is 0. The third kappa shape index (κ3) is 16.1. The average molecular weight is 261 g/mol. The van der Waals surface area contributed by atoms with Crippen LogP contribution in [0.1, 0.15) is 19.8 Å². The monoisotopic (exact) mass is 261 g/mol. The number of rotatable bonds is 5. The molecule has 12 heavy (non-hydrogen) atoms. The molecule has 0 aromatic rings. The van der Waals surface area contributed by atoms with Crippen LogP contribution in [-0.4, -0.2) is 21.8 Å². The molecule has 0 atom stereocenters. The second-order valence-corrected chi connectivity index (χ2v) is 2.85. The Morgan fingerprint density at radius 2 is 1.75 bits per heavy atom. The summed E-state index contributed by atoms with van der Waals surface area (Å²) in [7, 11) is 0. The van der Waals surface area contributed by atoms with Gasteiger partial charge in [0, 0.05) is 6.42 Å². The minimum atomic E-state index is -0.454. The van der Waals surface area contributed by atoms with E-state index in [2.05, 4.69) is 0 Å². The van der Waals surface area contributed by atoms with Crippen molar-refractivity contribution in [1.82, 2.24) is 0 Å². The molecule has 0 saturated carbocycles. The summed E-state index contributed by atoms with van der Waals surface area (Å²) in [5, 5.41) is 0. The van der Waals surface area contributed by atoms with Gasteiger partial charge in [0.2, 0.25) is 0 Å². The Bertz CT molecular complexity index is 149. The van der Waals surface area contributed by atoms with Gasteiger partial charge in [-0.3, -0.25) is 4.79 Å². The second kappa shape index (κ2) is 12.9.